The molecule has 84 valence electrons. The monoisotopic (exact) mass is 218 g/mol. The van der Waals surface area contributed by atoms with Crippen LogP contribution in [0.4, 0.5) is 10.5 Å². The number of nitrogens with one attached hydrogen (secondary N) is 2. The molecule has 0 spiro atoms. The van der Waals surface area contributed by atoms with E-state index in [4.69, 9.17) is 0 Å². The quantitative estimate of drug-likeness (QED) is 0.764. The summed E-state index contributed by atoms with van der Waals surface area (Å²) in [5.74, 6) is 0.870. The lowest BCUT2D eigenvalue weighted by molar-refractivity contribution is 0.249. The maximum Gasteiger partial charge on any atom is 0.321 e. The van der Waals surface area contributed by atoms with Crippen LogP contribution >= 0.6 is 0 Å². The van der Waals surface area contributed by atoms with Crippen LogP contribution in [0.3, 0.4) is 0 Å². The zero-order valence-corrected chi connectivity index (χ0v) is 9.53. The molecule has 2 rings (SSSR count). The number of urea groups is 1. The number of carbonyl (C=O) groups excluding carboxylic acids is 1. The Labute approximate surface area is 93.5 Å². The predicted octanol–water partition coefficient (Wildman–Crippen LogP) is 1.65. The number of carbonyl (C=O) groups is 1. The minimum absolute atomic E-state index is 0.143. The van der Waals surface area contributed by atoms with Gasteiger partial charge in [0.1, 0.15) is 5.82 Å². The Hall–Kier alpha value is -2.04. The van der Waals surface area contributed by atoms with Crippen molar-refractivity contribution in [1.82, 2.24) is 15.3 Å². The average Bonchev–Trinajstić information content (AvgIpc) is 2.65. The number of hydrogen-bond acceptors (Lipinski definition) is 2. The minimum atomic E-state index is -0.143. The van der Waals surface area contributed by atoms with E-state index < -0.39 is 0 Å². The van der Waals surface area contributed by atoms with Crippen LogP contribution < -0.4 is 10.2 Å². The Morgan fingerprint density at radius 3 is 2.94 bits per heavy atom. The summed E-state index contributed by atoms with van der Waals surface area (Å²) < 4.78 is 0. The highest BCUT2D eigenvalue weighted by atomic mass is 16.2. The van der Waals surface area contributed by atoms with Gasteiger partial charge in [0.05, 0.1) is 11.0 Å². The molecule has 0 saturated heterocycles. The van der Waals surface area contributed by atoms with Crippen LogP contribution in [0.25, 0.3) is 11.0 Å². The molecule has 1 aromatic carbocycles. The summed E-state index contributed by atoms with van der Waals surface area (Å²) in [4.78, 5) is 20.4. The van der Waals surface area contributed by atoms with E-state index in [2.05, 4.69) is 15.3 Å². The van der Waals surface area contributed by atoms with Gasteiger partial charge in [-0.25, -0.2) is 9.78 Å². The number of hydrogen-bond donors (Lipinski definition) is 2. The standard InChI is InChI=1S/C11H14N4O/c1-7-13-9-5-4-8(6-10(9)14-7)15(3)11(16)12-2/h4-6H,1-3H3,(H,12,16)(H,13,14). The van der Waals surface area contributed by atoms with Crippen molar-refractivity contribution in [3.05, 3.63) is 24.0 Å². The molecule has 2 aromatic rings. The van der Waals surface area contributed by atoms with Crippen molar-refractivity contribution in [1.29, 1.82) is 0 Å². The van der Waals surface area contributed by atoms with Gasteiger partial charge < -0.3 is 10.3 Å². The molecule has 16 heavy (non-hydrogen) atoms. The number of aryl methyl sites for hydroxylation is 1. The topological polar surface area (TPSA) is 61.0 Å². The lowest BCUT2D eigenvalue weighted by atomic mass is 10.2. The molecule has 0 atom stereocenters. The highest BCUT2D eigenvalue weighted by Gasteiger charge is 2.09. The first-order valence-electron chi connectivity index (χ1n) is 5.03. The molecular weight excluding hydrogens is 204 g/mol. The van der Waals surface area contributed by atoms with Crippen molar-refractivity contribution < 1.29 is 4.79 Å². The second-order valence-electron chi connectivity index (χ2n) is 3.64. The number of amides is 2. The third-order valence-corrected chi connectivity index (χ3v) is 2.49. The van der Waals surface area contributed by atoms with Crippen molar-refractivity contribution in [3.63, 3.8) is 0 Å². The van der Waals surface area contributed by atoms with E-state index in [9.17, 15) is 4.79 Å². The third-order valence-electron chi connectivity index (χ3n) is 2.49. The van der Waals surface area contributed by atoms with Gasteiger partial charge in [0.15, 0.2) is 0 Å². The van der Waals surface area contributed by atoms with Gasteiger partial charge in [0.25, 0.3) is 0 Å². The van der Waals surface area contributed by atoms with E-state index in [0.717, 1.165) is 22.5 Å². The Balaban J connectivity index is 2.42. The maximum absolute atomic E-state index is 11.4. The fourth-order valence-corrected chi connectivity index (χ4v) is 1.62. The molecule has 1 heterocycles. The second kappa shape index (κ2) is 3.84. The number of fused-ring (bicyclic) bond motifs is 1. The summed E-state index contributed by atoms with van der Waals surface area (Å²) in [5, 5.41) is 2.58. The molecule has 0 aliphatic carbocycles. The number of imidazole rings is 1. The zero-order chi connectivity index (χ0) is 11.7. The van der Waals surface area contributed by atoms with Crippen molar-refractivity contribution in [2.45, 2.75) is 6.92 Å². The summed E-state index contributed by atoms with van der Waals surface area (Å²) in [6.45, 7) is 1.90. The fraction of sp³-hybridized carbons (Fsp3) is 0.273. The van der Waals surface area contributed by atoms with E-state index in [1.807, 2.05) is 25.1 Å². The van der Waals surface area contributed by atoms with Crippen LogP contribution in [0.1, 0.15) is 5.82 Å². The van der Waals surface area contributed by atoms with Gasteiger partial charge in [-0.1, -0.05) is 0 Å². The maximum atomic E-state index is 11.4. The van der Waals surface area contributed by atoms with Crippen molar-refractivity contribution in [2.75, 3.05) is 19.0 Å². The van der Waals surface area contributed by atoms with Gasteiger partial charge in [0.2, 0.25) is 0 Å². The minimum Gasteiger partial charge on any atom is -0.342 e. The summed E-state index contributed by atoms with van der Waals surface area (Å²) in [5.41, 5.74) is 2.67. The number of rotatable bonds is 1. The lowest BCUT2D eigenvalue weighted by Gasteiger charge is -2.16. The Kier molecular flexibility index (Phi) is 2.52. The largest absolute Gasteiger partial charge is 0.342 e. The first kappa shape index (κ1) is 10.5. The molecule has 0 bridgehead atoms. The summed E-state index contributed by atoms with van der Waals surface area (Å²) in [6, 6.07) is 5.53. The summed E-state index contributed by atoms with van der Waals surface area (Å²) in [6.07, 6.45) is 0. The Bertz CT molecular complexity index is 532. The molecule has 0 aliphatic rings. The predicted molar refractivity (Wildman–Crippen MR) is 63.7 cm³/mol. The molecule has 5 nitrogen and oxygen atoms in total. The van der Waals surface area contributed by atoms with Gasteiger partial charge in [-0.3, -0.25) is 4.90 Å². The Morgan fingerprint density at radius 2 is 2.25 bits per heavy atom. The number of nitrogens with zero attached hydrogens (tertiary/aromatic N) is 2. The molecule has 0 aliphatic heterocycles. The van der Waals surface area contributed by atoms with Crippen molar-refractivity contribution >= 4 is 22.8 Å². The van der Waals surface area contributed by atoms with Crippen LogP contribution in [-0.4, -0.2) is 30.1 Å². The molecule has 1 aromatic heterocycles. The van der Waals surface area contributed by atoms with Crippen molar-refractivity contribution in [2.24, 2.45) is 0 Å². The number of aromatic nitrogens is 2. The van der Waals surface area contributed by atoms with Crippen LogP contribution in [-0.2, 0) is 0 Å². The van der Waals surface area contributed by atoms with E-state index in [1.165, 1.54) is 0 Å². The van der Waals surface area contributed by atoms with E-state index in [0.29, 0.717) is 0 Å². The number of benzene rings is 1. The van der Waals surface area contributed by atoms with Gasteiger partial charge >= 0.3 is 6.03 Å². The van der Waals surface area contributed by atoms with E-state index in [1.54, 1.807) is 19.0 Å². The highest BCUT2D eigenvalue weighted by molar-refractivity contribution is 5.93. The van der Waals surface area contributed by atoms with Crippen LogP contribution in [0.2, 0.25) is 0 Å². The number of anilines is 1. The van der Waals surface area contributed by atoms with Crippen LogP contribution in [0.15, 0.2) is 18.2 Å². The van der Waals surface area contributed by atoms with Gasteiger partial charge in [-0.15, -0.1) is 0 Å². The molecule has 0 radical (unpaired) electrons. The smallest absolute Gasteiger partial charge is 0.321 e. The van der Waals surface area contributed by atoms with Crippen LogP contribution in [0, 0.1) is 6.92 Å². The first-order valence-corrected chi connectivity index (χ1v) is 5.03. The summed E-state index contributed by atoms with van der Waals surface area (Å²) in [7, 11) is 3.33. The molecule has 0 fully saturated rings. The second-order valence-corrected chi connectivity index (χ2v) is 3.64. The number of H-pyrrole nitrogens is 1. The summed E-state index contributed by atoms with van der Waals surface area (Å²) >= 11 is 0. The van der Waals surface area contributed by atoms with E-state index in [-0.39, 0.29) is 6.03 Å². The van der Waals surface area contributed by atoms with E-state index >= 15 is 0 Å². The molecule has 2 amide bonds. The van der Waals surface area contributed by atoms with Gasteiger partial charge in [-0.05, 0) is 25.1 Å². The zero-order valence-electron chi connectivity index (χ0n) is 9.53. The number of aromatic amines is 1. The fourth-order valence-electron chi connectivity index (χ4n) is 1.62. The first-order chi connectivity index (χ1) is 7.61. The molecule has 0 saturated carbocycles. The van der Waals surface area contributed by atoms with Crippen molar-refractivity contribution in [3.8, 4) is 0 Å². The average molecular weight is 218 g/mol. The molecule has 5 heteroatoms. The lowest BCUT2D eigenvalue weighted by Crippen LogP contribution is -2.34. The molecule has 0 unspecified atom stereocenters. The third kappa shape index (κ3) is 1.71. The Morgan fingerprint density at radius 1 is 1.50 bits per heavy atom. The highest BCUT2D eigenvalue weighted by Crippen LogP contribution is 2.19. The SMILES string of the molecule is CNC(=O)N(C)c1ccc2nc(C)[nH]c2c1. The van der Waals surface area contributed by atoms with Crippen LogP contribution in [0.5, 0.6) is 0 Å². The normalized spacial score (nSPS) is 10.4. The molecular formula is C11H14N4O. The molecule has 2 N–H and O–H groups in total. The van der Waals surface area contributed by atoms with Gasteiger partial charge in [0, 0.05) is 19.8 Å². The van der Waals surface area contributed by atoms with Gasteiger partial charge in [-0.2, -0.15) is 0 Å².